The van der Waals surface area contributed by atoms with E-state index in [1.165, 1.54) is 6.08 Å². The summed E-state index contributed by atoms with van der Waals surface area (Å²) < 4.78 is 64.3. The van der Waals surface area contributed by atoms with Crippen LogP contribution in [-0.4, -0.2) is 13.1 Å². The molecule has 19 heavy (non-hydrogen) atoms. The van der Waals surface area contributed by atoms with Crippen molar-refractivity contribution < 1.29 is 22.0 Å². The van der Waals surface area contributed by atoms with Crippen molar-refractivity contribution in [3.05, 3.63) is 40.5 Å². The van der Waals surface area contributed by atoms with Crippen molar-refractivity contribution in [3.63, 3.8) is 0 Å². The van der Waals surface area contributed by atoms with Crippen molar-refractivity contribution >= 4 is 6.08 Å². The van der Waals surface area contributed by atoms with Crippen LogP contribution in [0.1, 0.15) is 24.0 Å². The summed E-state index contributed by atoms with van der Waals surface area (Å²) in [5.41, 5.74) is -0.879. The Kier molecular flexibility index (Phi) is 3.89. The van der Waals surface area contributed by atoms with Crippen LogP contribution in [0.2, 0.25) is 0 Å². The first-order valence-electron chi connectivity index (χ1n) is 5.84. The monoisotopic (exact) mass is 277 g/mol. The fourth-order valence-electron chi connectivity index (χ4n) is 1.98. The van der Waals surface area contributed by atoms with Crippen LogP contribution in [0.15, 0.2) is 17.7 Å². The van der Waals surface area contributed by atoms with E-state index in [0.717, 1.165) is 5.57 Å². The summed E-state index contributed by atoms with van der Waals surface area (Å²) in [5.74, 6) is -2.36. The molecule has 1 aromatic rings. The van der Waals surface area contributed by atoms with Crippen molar-refractivity contribution in [1.29, 1.82) is 0 Å². The zero-order chi connectivity index (χ0) is 14.0. The Morgan fingerprint density at radius 3 is 2.00 bits per heavy atom. The van der Waals surface area contributed by atoms with Crippen LogP contribution in [0.4, 0.5) is 22.0 Å². The molecular formula is C13H12F5N. The maximum absolute atomic E-state index is 13.6. The minimum absolute atomic E-state index is 0.330. The second-order valence-corrected chi connectivity index (χ2v) is 4.40. The molecule has 1 aromatic carbocycles. The second-order valence-electron chi connectivity index (χ2n) is 4.40. The predicted molar refractivity (Wildman–Crippen MR) is 61.4 cm³/mol. The minimum Gasteiger partial charge on any atom is -0.316 e. The number of benzene rings is 1. The van der Waals surface area contributed by atoms with Gasteiger partial charge in [0.05, 0.1) is 5.56 Å². The van der Waals surface area contributed by atoms with Crippen LogP contribution < -0.4 is 5.32 Å². The van der Waals surface area contributed by atoms with Crippen molar-refractivity contribution in [2.24, 2.45) is 0 Å². The third-order valence-electron chi connectivity index (χ3n) is 3.00. The van der Waals surface area contributed by atoms with Gasteiger partial charge in [0.15, 0.2) is 0 Å². The summed E-state index contributed by atoms with van der Waals surface area (Å²) in [6, 6.07) is 0.660. The van der Waals surface area contributed by atoms with E-state index in [0.29, 0.717) is 38.1 Å². The first-order valence-corrected chi connectivity index (χ1v) is 5.84. The SMILES string of the molecule is Fc1cc(C(F)(F)F)cc(F)c1C=C1CCNCC1. The van der Waals surface area contributed by atoms with Crippen molar-refractivity contribution in [2.75, 3.05) is 13.1 Å². The van der Waals surface area contributed by atoms with Gasteiger partial charge in [-0.05, 0) is 44.1 Å². The molecule has 0 bridgehead atoms. The van der Waals surface area contributed by atoms with Crippen molar-refractivity contribution in [1.82, 2.24) is 5.32 Å². The van der Waals surface area contributed by atoms with Crippen LogP contribution in [-0.2, 0) is 6.18 Å². The van der Waals surface area contributed by atoms with Gasteiger partial charge >= 0.3 is 6.18 Å². The Hall–Kier alpha value is -1.43. The molecule has 0 amide bonds. The summed E-state index contributed by atoms with van der Waals surface area (Å²) in [5, 5.41) is 3.08. The largest absolute Gasteiger partial charge is 0.416 e. The van der Waals surface area contributed by atoms with Gasteiger partial charge in [-0.25, -0.2) is 8.78 Å². The van der Waals surface area contributed by atoms with Gasteiger partial charge in [0, 0.05) is 5.56 Å². The quantitative estimate of drug-likeness (QED) is 0.771. The Labute approximate surface area is 107 Å². The molecule has 1 aliphatic rings. The molecule has 0 radical (unpaired) electrons. The predicted octanol–water partition coefficient (Wildman–Crippen LogP) is 3.75. The van der Waals surface area contributed by atoms with E-state index in [-0.39, 0.29) is 0 Å². The molecule has 0 aromatic heterocycles. The van der Waals surface area contributed by atoms with Gasteiger partial charge in [-0.1, -0.05) is 5.57 Å². The molecule has 1 N–H and O–H groups in total. The summed E-state index contributed by atoms with van der Waals surface area (Å²) >= 11 is 0. The molecular weight excluding hydrogens is 265 g/mol. The number of rotatable bonds is 1. The molecule has 104 valence electrons. The molecule has 0 saturated carbocycles. The number of halogens is 5. The Balaban J connectivity index is 2.37. The van der Waals surface area contributed by atoms with Gasteiger partial charge < -0.3 is 5.32 Å². The third-order valence-corrected chi connectivity index (χ3v) is 3.00. The van der Waals surface area contributed by atoms with Crippen molar-refractivity contribution in [2.45, 2.75) is 19.0 Å². The Morgan fingerprint density at radius 1 is 1.00 bits per heavy atom. The lowest BCUT2D eigenvalue weighted by Gasteiger charge is -2.16. The molecule has 1 aliphatic heterocycles. The van der Waals surface area contributed by atoms with Crippen LogP contribution in [0.5, 0.6) is 0 Å². The smallest absolute Gasteiger partial charge is 0.316 e. The zero-order valence-electron chi connectivity index (χ0n) is 9.95. The fraction of sp³-hybridized carbons (Fsp3) is 0.385. The first kappa shape index (κ1) is 14.0. The van der Waals surface area contributed by atoms with Crippen molar-refractivity contribution in [3.8, 4) is 0 Å². The zero-order valence-corrected chi connectivity index (χ0v) is 9.95. The van der Waals surface area contributed by atoms with Gasteiger partial charge in [-0.15, -0.1) is 0 Å². The summed E-state index contributed by atoms with van der Waals surface area (Å²) in [7, 11) is 0. The second kappa shape index (κ2) is 5.28. The van der Waals surface area contributed by atoms with E-state index in [9.17, 15) is 22.0 Å². The maximum Gasteiger partial charge on any atom is 0.416 e. The highest BCUT2D eigenvalue weighted by Crippen LogP contribution is 2.32. The van der Waals surface area contributed by atoms with E-state index < -0.39 is 28.9 Å². The Morgan fingerprint density at radius 2 is 1.53 bits per heavy atom. The topological polar surface area (TPSA) is 12.0 Å². The molecule has 1 fully saturated rings. The standard InChI is InChI=1S/C13H12F5N/c14-11-6-9(13(16,17)18)7-12(15)10(11)5-8-1-3-19-4-2-8/h5-7,19H,1-4H2. The highest BCUT2D eigenvalue weighted by atomic mass is 19.4. The molecule has 0 atom stereocenters. The van der Waals surface area contributed by atoms with Crippen LogP contribution in [0, 0.1) is 11.6 Å². The first-order chi connectivity index (χ1) is 8.88. The normalized spacial score (nSPS) is 16.6. The maximum atomic E-state index is 13.6. The molecule has 1 heterocycles. The van der Waals surface area contributed by atoms with E-state index in [4.69, 9.17) is 0 Å². The Bertz CT molecular complexity index is 473. The average molecular weight is 277 g/mol. The highest BCUT2D eigenvalue weighted by Gasteiger charge is 2.32. The molecule has 1 nitrogen and oxygen atoms in total. The molecule has 0 aliphatic carbocycles. The summed E-state index contributed by atoms with van der Waals surface area (Å²) in [4.78, 5) is 0. The van der Waals surface area contributed by atoms with Gasteiger partial charge in [0.1, 0.15) is 11.6 Å². The van der Waals surface area contributed by atoms with Gasteiger partial charge in [0.2, 0.25) is 0 Å². The lowest BCUT2D eigenvalue weighted by molar-refractivity contribution is -0.138. The van der Waals surface area contributed by atoms with Gasteiger partial charge in [-0.2, -0.15) is 13.2 Å². The molecule has 1 saturated heterocycles. The number of nitrogens with one attached hydrogen (secondary N) is 1. The number of hydrogen-bond donors (Lipinski definition) is 1. The lowest BCUT2D eigenvalue weighted by atomic mass is 10.0. The van der Waals surface area contributed by atoms with Crippen LogP contribution >= 0.6 is 0 Å². The molecule has 0 spiro atoms. The summed E-state index contributed by atoms with van der Waals surface area (Å²) in [6.45, 7) is 1.41. The number of hydrogen-bond acceptors (Lipinski definition) is 1. The molecule has 2 rings (SSSR count). The van der Waals surface area contributed by atoms with Crippen LogP contribution in [0.3, 0.4) is 0 Å². The highest BCUT2D eigenvalue weighted by molar-refractivity contribution is 5.55. The fourth-order valence-corrected chi connectivity index (χ4v) is 1.98. The lowest BCUT2D eigenvalue weighted by Crippen LogP contribution is -2.23. The number of alkyl halides is 3. The van der Waals surface area contributed by atoms with E-state index >= 15 is 0 Å². The third kappa shape index (κ3) is 3.32. The van der Waals surface area contributed by atoms with Gasteiger partial charge in [-0.3, -0.25) is 0 Å². The number of piperidine rings is 1. The van der Waals surface area contributed by atoms with Gasteiger partial charge in [0.25, 0.3) is 0 Å². The average Bonchev–Trinajstić information content (AvgIpc) is 2.33. The van der Waals surface area contributed by atoms with E-state index in [1.54, 1.807) is 0 Å². The minimum atomic E-state index is -4.75. The van der Waals surface area contributed by atoms with E-state index in [1.807, 2.05) is 0 Å². The van der Waals surface area contributed by atoms with Crippen LogP contribution in [0.25, 0.3) is 6.08 Å². The molecule has 6 heteroatoms. The molecule has 0 unspecified atom stereocenters. The van der Waals surface area contributed by atoms with E-state index in [2.05, 4.69) is 5.32 Å². The summed E-state index contributed by atoms with van der Waals surface area (Å²) in [6.07, 6.45) is -2.16.